The van der Waals surface area contributed by atoms with E-state index in [-0.39, 0.29) is 6.10 Å². The molecule has 1 fully saturated rings. The Balaban J connectivity index is 1.70. The van der Waals surface area contributed by atoms with Gasteiger partial charge in [-0.05, 0) is 30.6 Å². The van der Waals surface area contributed by atoms with E-state index in [0.29, 0.717) is 19.5 Å². The molecule has 22 heavy (non-hydrogen) atoms. The molecule has 1 saturated heterocycles. The highest BCUT2D eigenvalue weighted by Gasteiger charge is 2.38. The van der Waals surface area contributed by atoms with E-state index in [2.05, 4.69) is 9.59 Å². The maximum atomic E-state index is 11.5. The number of rotatable bonds is 5. The maximum absolute atomic E-state index is 11.5. The van der Waals surface area contributed by atoms with Crippen molar-refractivity contribution < 1.29 is 14.6 Å². The van der Waals surface area contributed by atoms with Crippen molar-refractivity contribution in [2.75, 3.05) is 6.54 Å². The molecule has 1 aromatic heterocycles. The van der Waals surface area contributed by atoms with Crippen LogP contribution in [0.4, 0.5) is 0 Å². The summed E-state index contributed by atoms with van der Waals surface area (Å²) in [7, 11) is 0. The van der Waals surface area contributed by atoms with Gasteiger partial charge in [-0.1, -0.05) is 22.7 Å². The van der Waals surface area contributed by atoms with Crippen LogP contribution in [0.2, 0.25) is 0 Å². The molecule has 3 rings (SSSR count). The minimum Gasteiger partial charge on any atom is -0.489 e. The molecule has 0 saturated carbocycles. The van der Waals surface area contributed by atoms with Gasteiger partial charge < -0.3 is 9.84 Å². The Morgan fingerprint density at radius 1 is 1.45 bits per heavy atom. The van der Waals surface area contributed by atoms with E-state index >= 15 is 0 Å². The van der Waals surface area contributed by atoms with Crippen LogP contribution in [0.1, 0.15) is 17.0 Å². The van der Waals surface area contributed by atoms with Crippen LogP contribution in [0.15, 0.2) is 30.3 Å². The fourth-order valence-electron chi connectivity index (χ4n) is 2.65. The summed E-state index contributed by atoms with van der Waals surface area (Å²) in [4.78, 5) is 14.4. The van der Waals surface area contributed by atoms with Gasteiger partial charge in [-0.2, -0.15) is 0 Å². The second-order valence-electron chi connectivity index (χ2n) is 5.35. The summed E-state index contributed by atoms with van der Waals surface area (Å²) in [5.74, 6) is -0.0385. The molecule has 2 atom stereocenters. The zero-order valence-electron chi connectivity index (χ0n) is 12.2. The number of aryl methyl sites for hydroxylation is 1. The Bertz CT molecular complexity index is 646. The number of aliphatic carboxylic acids is 1. The van der Waals surface area contributed by atoms with E-state index in [1.807, 2.05) is 42.2 Å². The summed E-state index contributed by atoms with van der Waals surface area (Å²) in [5.41, 5.74) is 0.863. The predicted octanol–water partition coefficient (Wildman–Crippen LogP) is 1.95. The smallest absolute Gasteiger partial charge is 0.321 e. The lowest BCUT2D eigenvalue weighted by Crippen LogP contribution is -2.35. The largest absolute Gasteiger partial charge is 0.489 e. The molecule has 116 valence electrons. The fraction of sp³-hybridized carbons (Fsp3) is 0.400. The summed E-state index contributed by atoms with van der Waals surface area (Å²) < 4.78 is 9.81. The van der Waals surface area contributed by atoms with Crippen LogP contribution >= 0.6 is 11.5 Å². The second-order valence-corrected chi connectivity index (χ2v) is 6.19. The Morgan fingerprint density at radius 2 is 2.23 bits per heavy atom. The van der Waals surface area contributed by atoms with Crippen molar-refractivity contribution in [2.45, 2.75) is 32.0 Å². The number of ether oxygens (including phenoxy) is 1. The summed E-state index contributed by atoms with van der Waals surface area (Å²) in [6.45, 7) is 3.03. The second kappa shape index (κ2) is 6.41. The zero-order valence-corrected chi connectivity index (χ0v) is 13.0. The van der Waals surface area contributed by atoms with Crippen LogP contribution in [-0.4, -0.2) is 44.3 Å². The fourth-order valence-corrected chi connectivity index (χ4v) is 3.31. The first-order valence-electron chi connectivity index (χ1n) is 7.10. The summed E-state index contributed by atoms with van der Waals surface area (Å²) in [5, 5.41) is 13.4. The monoisotopic (exact) mass is 319 g/mol. The first-order valence-corrected chi connectivity index (χ1v) is 7.87. The molecule has 1 N–H and O–H groups in total. The molecule has 0 aliphatic carbocycles. The summed E-state index contributed by atoms with van der Waals surface area (Å²) in [6.07, 6.45) is 0.361. The van der Waals surface area contributed by atoms with Crippen molar-refractivity contribution in [2.24, 2.45) is 0 Å². The van der Waals surface area contributed by atoms with E-state index in [4.69, 9.17) is 4.74 Å². The third-order valence-electron chi connectivity index (χ3n) is 3.79. The first-order chi connectivity index (χ1) is 10.6. The highest BCUT2D eigenvalue weighted by molar-refractivity contribution is 7.05. The Kier molecular flexibility index (Phi) is 4.35. The molecule has 0 spiro atoms. The number of aromatic nitrogens is 2. The van der Waals surface area contributed by atoms with Gasteiger partial charge in [0.05, 0.1) is 10.6 Å². The Labute approximate surface area is 132 Å². The molecular weight excluding hydrogens is 302 g/mol. The van der Waals surface area contributed by atoms with Crippen molar-refractivity contribution in [1.29, 1.82) is 0 Å². The lowest BCUT2D eigenvalue weighted by Gasteiger charge is -2.19. The molecule has 1 aromatic carbocycles. The van der Waals surface area contributed by atoms with Gasteiger partial charge in [-0.15, -0.1) is 5.10 Å². The van der Waals surface area contributed by atoms with Crippen LogP contribution in [0, 0.1) is 6.92 Å². The van der Waals surface area contributed by atoms with Crippen LogP contribution < -0.4 is 4.74 Å². The molecule has 0 amide bonds. The average Bonchev–Trinajstić information content (AvgIpc) is 3.08. The number of nitrogens with zero attached hydrogens (tertiary/aromatic N) is 3. The number of carboxylic acid groups (broad SMARTS) is 1. The number of carboxylic acids is 1. The lowest BCUT2D eigenvalue weighted by molar-refractivity contribution is -0.142. The van der Waals surface area contributed by atoms with Gasteiger partial charge in [0.25, 0.3) is 0 Å². The molecule has 1 aliphatic heterocycles. The lowest BCUT2D eigenvalue weighted by atomic mass is 10.2. The maximum Gasteiger partial charge on any atom is 0.321 e. The van der Waals surface area contributed by atoms with Crippen LogP contribution in [0.25, 0.3) is 0 Å². The normalized spacial score (nSPS) is 21.9. The molecular formula is C15H17N3O3S. The Hall–Kier alpha value is -1.99. The molecule has 6 nitrogen and oxygen atoms in total. The highest BCUT2D eigenvalue weighted by Crippen LogP contribution is 2.26. The van der Waals surface area contributed by atoms with Gasteiger partial charge in [0, 0.05) is 19.5 Å². The van der Waals surface area contributed by atoms with Gasteiger partial charge in [0.15, 0.2) is 0 Å². The van der Waals surface area contributed by atoms with E-state index in [0.717, 1.165) is 16.3 Å². The Morgan fingerprint density at radius 3 is 2.86 bits per heavy atom. The van der Waals surface area contributed by atoms with Crippen molar-refractivity contribution in [3.8, 4) is 5.75 Å². The number of para-hydroxylation sites is 1. The van der Waals surface area contributed by atoms with E-state index in [9.17, 15) is 9.90 Å². The number of hydrogen-bond donors (Lipinski definition) is 1. The van der Waals surface area contributed by atoms with Gasteiger partial charge >= 0.3 is 5.97 Å². The first kappa shape index (κ1) is 14.9. The average molecular weight is 319 g/mol. The highest BCUT2D eigenvalue weighted by atomic mass is 32.1. The minimum absolute atomic E-state index is 0.121. The molecule has 0 unspecified atom stereocenters. The van der Waals surface area contributed by atoms with E-state index in [1.165, 1.54) is 11.5 Å². The van der Waals surface area contributed by atoms with Crippen molar-refractivity contribution >= 4 is 17.5 Å². The molecule has 1 aliphatic rings. The predicted molar refractivity (Wildman–Crippen MR) is 82.0 cm³/mol. The number of likely N-dealkylation sites (tertiary alicyclic amines) is 1. The standard InChI is InChI=1S/C15H17N3O3S/c1-10-14(22-17-16-10)9-18-8-12(7-13(18)15(19)20)21-11-5-3-2-4-6-11/h2-6,12-13H,7-9H2,1H3,(H,19,20)/t12-,13-/m0/s1. The number of hydrogen-bond acceptors (Lipinski definition) is 6. The molecule has 7 heteroatoms. The van der Waals surface area contributed by atoms with Gasteiger partial charge in [0.1, 0.15) is 17.9 Å². The third kappa shape index (κ3) is 3.26. The van der Waals surface area contributed by atoms with E-state index in [1.54, 1.807) is 0 Å². The van der Waals surface area contributed by atoms with Crippen molar-refractivity contribution in [3.63, 3.8) is 0 Å². The summed E-state index contributed by atoms with van der Waals surface area (Å²) in [6, 6.07) is 8.97. The van der Waals surface area contributed by atoms with E-state index < -0.39 is 12.0 Å². The third-order valence-corrected chi connectivity index (χ3v) is 4.60. The quantitative estimate of drug-likeness (QED) is 0.908. The van der Waals surface area contributed by atoms with Gasteiger partial charge in [-0.3, -0.25) is 9.69 Å². The van der Waals surface area contributed by atoms with Gasteiger partial charge in [-0.25, -0.2) is 0 Å². The van der Waals surface area contributed by atoms with Crippen LogP contribution in [-0.2, 0) is 11.3 Å². The van der Waals surface area contributed by atoms with Crippen LogP contribution in [0.5, 0.6) is 5.75 Å². The van der Waals surface area contributed by atoms with Crippen molar-refractivity contribution in [3.05, 3.63) is 40.9 Å². The van der Waals surface area contributed by atoms with Crippen molar-refractivity contribution in [1.82, 2.24) is 14.5 Å². The molecule has 2 aromatic rings. The molecule has 2 heterocycles. The molecule has 0 bridgehead atoms. The number of carbonyl (C=O) groups is 1. The number of benzene rings is 1. The summed E-state index contributed by atoms with van der Waals surface area (Å²) >= 11 is 1.32. The van der Waals surface area contributed by atoms with Gasteiger partial charge in [0.2, 0.25) is 0 Å². The SMILES string of the molecule is Cc1nnsc1CN1C[C@@H](Oc2ccccc2)C[C@H]1C(=O)O. The van der Waals surface area contributed by atoms with Crippen LogP contribution in [0.3, 0.4) is 0 Å². The minimum atomic E-state index is -0.811. The topological polar surface area (TPSA) is 75.5 Å². The zero-order chi connectivity index (χ0) is 15.5. The molecule has 0 radical (unpaired) electrons.